The number of nitrogens with zero attached hydrogens (tertiary/aromatic N) is 3. The number of aromatic nitrogens is 1. The summed E-state index contributed by atoms with van der Waals surface area (Å²) in [5.74, 6) is -1.54. The van der Waals surface area contributed by atoms with Gasteiger partial charge in [-0.25, -0.2) is 19.8 Å². The zero-order valence-corrected chi connectivity index (χ0v) is 24.3. The number of hydrogen-bond acceptors (Lipinski definition) is 8. The molecule has 0 aromatic carbocycles. The van der Waals surface area contributed by atoms with Gasteiger partial charge in [-0.1, -0.05) is 13.3 Å². The lowest BCUT2D eigenvalue weighted by atomic mass is 10.0. The van der Waals surface area contributed by atoms with Gasteiger partial charge in [0.15, 0.2) is 0 Å². The number of piperidine rings is 1. The number of esters is 1. The molecule has 218 valence electrons. The van der Waals surface area contributed by atoms with Crippen LogP contribution >= 0.6 is 0 Å². The van der Waals surface area contributed by atoms with Crippen molar-refractivity contribution in [2.24, 2.45) is 0 Å². The first kappa shape index (κ1) is 31.6. The van der Waals surface area contributed by atoms with Gasteiger partial charge in [0.25, 0.3) is 11.5 Å². The summed E-state index contributed by atoms with van der Waals surface area (Å²) >= 11 is 0. The number of pyridine rings is 1. The number of carbonyl (C=O) groups is 4. The van der Waals surface area contributed by atoms with E-state index in [4.69, 9.17) is 14.2 Å². The van der Waals surface area contributed by atoms with Crippen LogP contribution in [-0.2, 0) is 14.2 Å². The Morgan fingerprint density at radius 2 is 1.59 bits per heavy atom. The molecule has 12 nitrogen and oxygen atoms in total. The summed E-state index contributed by atoms with van der Waals surface area (Å²) in [7, 11) is 1.29. The highest BCUT2D eigenvalue weighted by molar-refractivity contribution is 6.05. The van der Waals surface area contributed by atoms with Crippen LogP contribution in [0.1, 0.15) is 101 Å². The van der Waals surface area contributed by atoms with E-state index >= 15 is 0 Å². The van der Waals surface area contributed by atoms with Gasteiger partial charge in [-0.3, -0.25) is 14.6 Å². The van der Waals surface area contributed by atoms with Crippen LogP contribution in [0.25, 0.3) is 0 Å². The van der Waals surface area contributed by atoms with Gasteiger partial charge in [0.1, 0.15) is 11.2 Å². The van der Waals surface area contributed by atoms with E-state index in [2.05, 4.69) is 5.43 Å². The Hall–Kier alpha value is -3.57. The summed E-state index contributed by atoms with van der Waals surface area (Å²) in [5.41, 5.74) is 0.0893. The number of nitrogens with one attached hydrogen (secondary N) is 1. The van der Waals surface area contributed by atoms with Gasteiger partial charge in [-0.05, 0) is 60.8 Å². The number of carbonyl (C=O) groups excluding carboxylic acids is 4. The second-order valence-electron chi connectivity index (χ2n) is 11.5. The standard InChI is InChI=1S/C27H42N4O8/c1-9-10-15-37-23(34)20-17-31(18-11-13-30(14-12-18)25(36)39-27(5,6)7)21(32)16-19(20)22(33)29(8)28-24(35)38-26(2,3)4/h16-18H,9-15H2,1-8H3,(H,28,35). The quantitative estimate of drug-likeness (QED) is 0.244. The fraction of sp³-hybridized carbons (Fsp3) is 0.667. The zero-order valence-electron chi connectivity index (χ0n) is 24.3. The second-order valence-corrected chi connectivity index (χ2v) is 11.5. The van der Waals surface area contributed by atoms with Crippen molar-refractivity contribution in [1.29, 1.82) is 0 Å². The van der Waals surface area contributed by atoms with Crippen molar-refractivity contribution in [3.8, 4) is 0 Å². The molecule has 0 aliphatic carbocycles. The van der Waals surface area contributed by atoms with E-state index in [-0.39, 0.29) is 23.8 Å². The molecule has 0 spiro atoms. The van der Waals surface area contributed by atoms with E-state index < -0.39 is 40.8 Å². The highest BCUT2D eigenvalue weighted by atomic mass is 16.6. The molecule has 1 aliphatic rings. The van der Waals surface area contributed by atoms with Gasteiger partial charge in [-0.15, -0.1) is 0 Å². The number of amides is 3. The Bertz CT molecular complexity index is 1110. The normalized spacial score (nSPS) is 14.4. The SMILES string of the molecule is CCCCOC(=O)c1cn(C2CCN(C(=O)OC(C)(C)C)CC2)c(=O)cc1C(=O)N(C)NC(=O)OC(C)(C)C. The van der Waals surface area contributed by atoms with Crippen LogP contribution in [0.2, 0.25) is 0 Å². The van der Waals surface area contributed by atoms with E-state index in [0.717, 1.165) is 17.5 Å². The number of rotatable bonds is 6. The minimum Gasteiger partial charge on any atom is -0.462 e. The molecule has 0 atom stereocenters. The molecule has 1 N–H and O–H groups in total. The lowest BCUT2D eigenvalue weighted by molar-refractivity contribution is 0.0187. The van der Waals surface area contributed by atoms with Crippen LogP contribution < -0.4 is 11.0 Å². The van der Waals surface area contributed by atoms with Crippen molar-refractivity contribution < 1.29 is 33.4 Å². The van der Waals surface area contributed by atoms with E-state index in [9.17, 15) is 24.0 Å². The molecule has 1 aromatic rings. The molecular formula is C27H42N4O8. The molecule has 12 heteroatoms. The maximum atomic E-state index is 13.2. The van der Waals surface area contributed by atoms with Gasteiger partial charge in [0.2, 0.25) is 0 Å². The number of likely N-dealkylation sites (tertiary alicyclic amines) is 1. The maximum absolute atomic E-state index is 13.2. The lowest BCUT2D eigenvalue weighted by Gasteiger charge is -2.34. The zero-order chi connectivity index (χ0) is 29.5. The van der Waals surface area contributed by atoms with Crippen LogP contribution in [0, 0.1) is 0 Å². The van der Waals surface area contributed by atoms with E-state index in [1.165, 1.54) is 17.8 Å². The van der Waals surface area contributed by atoms with E-state index in [0.29, 0.717) is 32.4 Å². The number of ether oxygens (including phenoxy) is 3. The predicted octanol–water partition coefficient (Wildman–Crippen LogP) is 3.89. The summed E-state index contributed by atoms with van der Waals surface area (Å²) < 4.78 is 17.4. The molecule has 0 bridgehead atoms. The van der Waals surface area contributed by atoms with Gasteiger partial charge < -0.3 is 23.7 Å². The average molecular weight is 551 g/mol. The van der Waals surface area contributed by atoms with Crippen molar-refractivity contribution in [2.45, 2.75) is 91.4 Å². The molecule has 0 saturated carbocycles. The maximum Gasteiger partial charge on any atom is 0.426 e. The molecule has 1 fully saturated rings. The van der Waals surface area contributed by atoms with Crippen LogP contribution in [0.3, 0.4) is 0 Å². The topological polar surface area (TPSA) is 136 Å². The van der Waals surface area contributed by atoms with Crippen LogP contribution in [0.4, 0.5) is 9.59 Å². The minimum absolute atomic E-state index is 0.0943. The van der Waals surface area contributed by atoms with Crippen molar-refractivity contribution in [1.82, 2.24) is 19.9 Å². The molecule has 2 heterocycles. The summed E-state index contributed by atoms with van der Waals surface area (Å²) in [6.07, 6.45) is 2.40. The highest BCUT2D eigenvalue weighted by Crippen LogP contribution is 2.24. The molecule has 1 aromatic heterocycles. The number of hydrogen-bond donors (Lipinski definition) is 1. The molecule has 2 rings (SSSR count). The summed E-state index contributed by atoms with van der Waals surface area (Å²) in [5, 5.41) is 0.856. The molecular weight excluding hydrogens is 508 g/mol. The monoisotopic (exact) mass is 550 g/mol. The van der Waals surface area contributed by atoms with Gasteiger partial charge in [-0.2, -0.15) is 0 Å². The molecule has 3 amide bonds. The first-order valence-electron chi connectivity index (χ1n) is 13.2. The van der Waals surface area contributed by atoms with Crippen molar-refractivity contribution >= 4 is 24.1 Å². The van der Waals surface area contributed by atoms with Crippen molar-refractivity contribution in [3.63, 3.8) is 0 Å². The Labute approximate surface area is 229 Å². The third kappa shape index (κ3) is 9.60. The molecule has 0 radical (unpaired) electrons. The van der Waals surface area contributed by atoms with Gasteiger partial charge in [0, 0.05) is 38.4 Å². The fourth-order valence-corrected chi connectivity index (χ4v) is 3.88. The van der Waals surface area contributed by atoms with Crippen LogP contribution in [0.5, 0.6) is 0 Å². The third-order valence-electron chi connectivity index (χ3n) is 5.73. The largest absolute Gasteiger partial charge is 0.462 e. The summed E-state index contributed by atoms with van der Waals surface area (Å²) in [6.45, 7) is 13.2. The Balaban J connectivity index is 2.31. The average Bonchev–Trinajstić information content (AvgIpc) is 2.81. The van der Waals surface area contributed by atoms with Gasteiger partial charge >= 0.3 is 18.2 Å². The van der Waals surface area contributed by atoms with Gasteiger partial charge in [0.05, 0.1) is 17.7 Å². The Kier molecular flexibility index (Phi) is 10.5. The molecule has 1 saturated heterocycles. The molecule has 39 heavy (non-hydrogen) atoms. The number of hydrazine groups is 1. The van der Waals surface area contributed by atoms with E-state index in [1.54, 1.807) is 46.4 Å². The molecule has 1 aliphatic heterocycles. The highest BCUT2D eigenvalue weighted by Gasteiger charge is 2.30. The van der Waals surface area contributed by atoms with E-state index in [1.807, 2.05) is 6.92 Å². The smallest absolute Gasteiger partial charge is 0.426 e. The third-order valence-corrected chi connectivity index (χ3v) is 5.73. The minimum atomic E-state index is -0.865. The van der Waals surface area contributed by atoms with Crippen LogP contribution in [0.15, 0.2) is 17.1 Å². The van der Waals surface area contributed by atoms with Crippen LogP contribution in [-0.4, -0.2) is 76.5 Å². The Morgan fingerprint density at radius 3 is 2.13 bits per heavy atom. The lowest BCUT2D eigenvalue weighted by Crippen LogP contribution is -2.46. The van der Waals surface area contributed by atoms with Crippen molar-refractivity contribution in [3.05, 3.63) is 33.7 Å². The van der Waals surface area contributed by atoms with Crippen molar-refractivity contribution in [2.75, 3.05) is 26.7 Å². The summed E-state index contributed by atoms with van der Waals surface area (Å²) in [6, 6.07) is 0.770. The predicted molar refractivity (Wildman–Crippen MR) is 143 cm³/mol. The fourth-order valence-electron chi connectivity index (χ4n) is 3.88. The first-order valence-corrected chi connectivity index (χ1v) is 13.2. The molecule has 0 unspecified atom stereocenters. The second kappa shape index (κ2) is 13.0. The number of unbranched alkanes of at least 4 members (excludes halogenated alkanes) is 1. The first-order chi connectivity index (χ1) is 18.0. The Morgan fingerprint density at radius 1 is 1.00 bits per heavy atom. The summed E-state index contributed by atoms with van der Waals surface area (Å²) in [4.78, 5) is 65.5.